The number of amides is 1. The maximum Gasteiger partial charge on any atom is 0.255 e. The second-order valence-corrected chi connectivity index (χ2v) is 13.1. The summed E-state index contributed by atoms with van der Waals surface area (Å²) in [4.78, 5) is 21.1. The van der Waals surface area contributed by atoms with Gasteiger partial charge in [0.15, 0.2) is 0 Å². The molecule has 3 heterocycles. The molecule has 4 aromatic carbocycles. The van der Waals surface area contributed by atoms with Crippen molar-refractivity contribution in [2.24, 2.45) is 11.8 Å². The molecule has 13 heteroatoms. The third-order valence-electron chi connectivity index (χ3n) is 10.0. The molecule has 1 unspecified atom stereocenters. The fourth-order valence-corrected chi connectivity index (χ4v) is 7.00. The van der Waals surface area contributed by atoms with E-state index in [1.165, 1.54) is 49.1 Å². The lowest BCUT2D eigenvalue weighted by atomic mass is 9.77. The number of nitriles is 1. The van der Waals surface area contributed by atoms with Crippen LogP contribution in [0, 0.1) is 40.6 Å². The Morgan fingerprint density at radius 1 is 0.942 bits per heavy atom. The van der Waals surface area contributed by atoms with Crippen molar-refractivity contribution in [1.29, 1.82) is 5.26 Å². The van der Waals surface area contributed by atoms with Gasteiger partial charge in [-0.1, -0.05) is 13.0 Å². The summed E-state index contributed by atoms with van der Waals surface area (Å²) in [5.41, 5.74) is 2.44. The summed E-state index contributed by atoms with van der Waals surface area (Å²) in [6.07, 6.45) is 2.92. The Hall–Kier alpha value is -5.87. The Morgan fingerprint density at radius 3 is 2.31 bits per heavy atom. The first-order valence-electron chi connectivity index (χ1n) is 17.0. The highest BCUT2D eigenvalue weighted by Gasteiger charge is 2.51. The molecule has 2 fully saturated rings. The van der Waals surface area contributed by atoms with E-state index in [0.717, 1.165) is 43.6 Å². The molecule has 2 saturated heterocycles. The maximum atomic E-state index is 15.2. The molecule has 266 valence electrons. The molecule has 2 aliphatic rings. The standard InChI is InChI=1S/C39H36F3N7O3/c1-26-29(22-52-39(26,23-49-25-44-24-45-49)35-12-6-31(41)19-36(35)42)21-51-37-13-11-34(18-28(37)20-43)48-16-14-47(15-17-48)33-9-2-27(3-10-33)38(50)46-32-7-4-30(40)5-8-32/h2-13,18-19,24-26,29H,14-17,21-23H2,1H3,(H,46,50)/t26?,29-,39-/m1/s1. The van der Waals surface area contributed by atoms with Gasteiger partial charge < -0.3 is 24.6 Å². The summed E-state index contributed by atoms with van der Waals surface area (Å²) in [6, 6.07) is 24.3. The van der Waals surface area contributed by atoms with Crippen molar-refractivity contribution >= 4 is 23.0 Å². The van der Waals surface area contributed by atoms with Gasteiger partial charge >= 0.3 is 0 Å². The summed E-state index contributed by atoms with van der Waals surface area (Å²) in [7, 11) is 0. The second kappa shape index (κ2) is 14.8. The van der Waals surface area contributed by atoms with Gasteiger partial charge in [-0.3, -0.25) is 4.79 Å². The highest BCUT2D eigenvalue weighted by atomic mass is 19.1. The van der Waals surface area contributed by atoms with E-state index in [0.29, 0.717) is 22.6 Å². The van der Waals surface area contributed by atoms with Crippen LogP contribution in [0.2, 0.25) is 0 Å². The summed E-state index contributed by atoms with van der Waals surface area (Å²) >= 11 is 0. The average molecular weight is 708 g/mol. The average Bonchev–Trinajstić information content (AvgIpc) is 3.79. The van der Waals surface area contributed by atoms with Crippen molar-refractivity contribution in [3.63, 3.8) is 0 Å². The molecule has 2 aliphatic heterocycles. The monoisotopic (exact) mass is 707 g/mol. The Kier molecular flexibility index (Phi) is 9.82. The molecule has 0 saturated carbocycles. The van der Waals surface area contributed by atoms with Crippen LogP contribution in [-0.4, -0.2) is 60.1 Å². The normalized spacial score (nSPS) is 20.1. The molecule has 5 aromatic rings. The van der Waals surface area contributed by atoms with E-state index in [1.54, 1.807) is 22.9 Å². The van der Waals surface area contributed by atoms with Gasteiger partial charge in [0, 0.05) is 66.4 Å². The van der Waals surface area contributed by atoms with Crippen LogP contribution in [0.5, 0.6) is 5.75 Å². The molecule has 1 amide bonds. The number of halogens is 3. The van der Waals surface area contributed by atoms with Crippen molar-refractivity contribution in [3.05, 3.63) is 132 Å². The Labute approximate surface area is 299 Å². The molecule has 0 spiro atoms. The molecule has 0 bridgehead atoms. The van der Waals surface area contributed by atoms with E-state index in [2.05, 4.69) is 31.3 Å². The zero-order chi connectivity index (χ0) is 36.2. The summed E-state index contributed by atoms with van der Waals surface area (Å²) < 4.78 is 56.3. The number of benzene rings is 4. The second-order valence-electron chi connectivity index (χ2n) is 13.1. The number of hydrogen-bond acceptors (Lipinski definition) is 8. The van der Waals surface area contributed by atoms with Crippen LogP contribution in [0.15, 0.2) is 97.6 Å². The van der Waals surface area contributed by atoms with Crippen LogP contribution in [0.3, 0.4) is 0 Å². The van der Waals surface area contributed by atoms with Gasteiger partial charge in [0.25, 0.3) is 5.91 Å². The zero-order valence-corrected chi connectivity index (χ0v) is 28.4. The Bertz CT molecular complexity index is 2060. The number of rotatable bonds is 10. The molecule has 0 radical (unpaired) electrons. The topological polar surface area (TPSA) is 109 Å². The molecular weight excluding hydrogens is 671 g/mol. The number of ether oxygens (including phenoxy) is 2. The zero-order valence-electron chi connectivity index (χ0n) is 28.4. The summed E-state index contributed by atoms with van der Waals surface area (Å²) in [5, 5.41) is 17.0. The quantitative estimate of drug-likeness (QED) is 0.178. The number of carbonyl (C=O) groups is 1. The lowest BCUT2D eigenvalue weighted by Crippen LogP contribution is -2.46. The first-order chi connectivity index (χ1) is 25.2. The van der Waals surface area contributed by atoms with E-state index in [-0.39, 0.29) is 48.9 Å². The predicted molar refractivity (Wildman–Crippen MR) is 189 cm³/mol. The summed E-state index contributed by atoms with van der Waals surface area (Å²) in [5.74, 6) is -1.98. The van der Waals surface area contributed by atoms with E-state index in [9.17, 15) is 18.8 Å². The minimum Gasteiger partial charge on any atom is -0.492 e. The molecule has 3 atom stereocenters. The van der Waals surface area contributed by atoms with Crippen LogP contribution in [0.1, 0.15) is 28.4 Å². The van der Waals surface area contributed by atoms with Crippen LogP contribution >= 0.6 is 0 Å². The molecule has 1 N–H and O–H groups in total. The number of hydrogen-bond donors (Lipinski definition) is 1. The van der Waals surface area contributed by atoms with Crippen LogP contribution in [0.4, 0.5) is 30.2 Å². The highest BCUT2D eigenvalue weighted by Crippen LogP contribution is 2.46. The van der Waals surface area contributed by atoms with Crippen molar-refractivity contribution in [1.82, 2.24) is 14.8 Å². The van der Waals surface area contributed by atoms with Crippen LogP contribution in [0.25, 0.3) is 0 Å². The minimum absolute atomic E-state index is 0.162. The number of carbonyl (C=O) groups excluding carboxylic acids is 1. The third-order valence-corrected chi connectivity index (χ3v) is 10.0. The smallest absolute Gasteiger partial charge is 0.255 e. The van der Waals surface area contributed by atoms with Gasteiger partial charge in [0.2, 0.25) is 0 Å². The van der Waals surface area contributed by atoms with Gasteiger partial charge in [-0.05, 0) is 78.7 Å². The van der Waals surface area contributed by atoms with E-state index >= 15 is 4.39 Å². The number of piperazine rings is 1. The molecule has 7 rings (SSSR count). The first kappa shape index (κ1) is 34.6. The van der Waals surface area contributed by atoms with Crippen molar-refractivity contribution < 1.29 is 27.4 Å². The number of nitrogens with one attached hydrogen (secondary N) is 1. The fourth-order valence-electron chi connectivity index (χ4n) is 7.00. The van der Waals surface area contributed by atoms with E-state index in [1.807, 2.05) is 31.2 Å². The number of anilines is 3. The van der Waals surface area contributed by atoms with Crippen LogP contribution in [-0.2, 0) is 16.9 Å². The molecule has 0 aliphatic carbocycles. The van der Waals surface area contributed by atoms with Gasteiger partial charge in [0.1, 0.15) is 47.5 Å². The van der Waals surface area contributed by atoms with Gasteiger partial charge in [-0.2, -0.15) is 10.4 Å². The van der Waals surface area contributed by atoms with E-state index in [4.69, 9.17) is 9.47 Å². The Morgan fingerprint density at radius 2 is 1.63 bits per heavy atom. The van der Waals surface area contributed by atoms with Gasteiger partial charge in [-0.25, -0.2) is 22.8 Å². The fraction of sp³-hybridized carbons (Fsp3) is 0.282. The Balaban J connectivity index is 0.964. The number of aromatic nitrogens is 3. The SMILES string of the molecule is CC1[C@H](COc2ccc(N3CCN(c4ccc(C(=O)Nc5ccc(F)cc5)cc4)CC3)cc2C#N)CO[C@@]1(Cn1cncn1)c1ccc(F)cc1F. The summed E-state index contributed by atoms with van der Waals surface area (Å²) in [6.45, 7) is 5.56. The van der Waals surface area contributed by atoms with Crippen molar-refractivity contribution in [2.45, 2.75) is 19.1 Å². The minimum atomic E-state index is -1.13. The van der Waals surface area contributed by atoms with Crippen LogP contribution < -0.4 is 19.9 Å². The first-order valence-corrected chi connectivity index (χ1v) is 17.0. The van der Waals surface area contributed by atoms with Gasteiger partial charge in [-0.15, -0.1) is 0 Å². The van der Waals surface area contributed by atoms with Gasteiger partial charge in [0.05, 0.1) is 25.3 Å². The van der Waals surface area contributed by atoms with E-state index < -0.39 is 17.2 Å². The lowest BCUT2D eigenvalue weighted by molar-refractivity contribution is -0.0424. The lowest BCUT2D eigenvalue weighted by Gasteiger charge is -2.37. The molecule has 52 heavy (non-hydrogen) atoms. The van der Waals surface area contributed by atoms with Crippen molar-refractivity contribution in [3.8, 4) is 11.8 Å². The van der Waals surface area contributed by atoms with Crippen molar-refractivity contribution in [2.75, 3.05) is 54.5 Å². The number of nitrogens with zero attached hydrogens (tertiary/aromatic N) is 6. The third kappa shape index (κ3) is 7.15. The molecule has 1 aromatic heterocycles. The largest absolute Gasteiger partial charge is 0.492 e. The molecular formula is C39H36F3N7O3. The maximum absolute atomic E-state index is 15.2. The highest BCUT2D eigenvalue weighted by molar-refractivity contribution is 6.04. The predicted octanol–water partition coefficient (Wildman–Crippen LogP) is 6.40. The molecule has 10 nitrogen and oxygen atoms in total.